The average Bonchev–Trinajstić information content (AvgIpc) is 3.47. The van der Waals surface area contributed by atoms with Crippen LogP contribution in [0.4, 0.5) is 5.69 Å². The summed E-state index contributed by atoms with van der Waals surface area (Å²) in [6.07, 6.45) is 2.16. The summed E-state index contributed by atoms with van der Waals surface area (Å²) in [4.78, 5) is 23.6. The van der Waals surface area contributed by atoms with Gasteiger partial charge in [0.15, 0.2) is 0 Å². The van der Waals surface area contributed by atoms with E-state index in [9.17, 15) is 9.59 Å². The number of benzene rings is 3. The van der Waals surface area contributed by atoms with Gasteiger partial charge in [0, 0.05) is 35.5 Å². The highest BCUT2D eigenvalue weighted by atomic mass is 16.5. The van der Waals surface area contributed by atoms with Gasteiger partial charge in [-0.15, -0.1) is 10.2 Å². The molecule has 4 rings (SSSR count). The highest BCUT2D eigenvalue weighted by molar-refractivity contribution is 5.94. The van der Waals surface area contributed by atoms with Crippen LogP contribution in [0.5, 0.6) is 0 Å². The maximum Gasteiger partial charge on any atom is 0.307 e. The third-order valence-electron chi connectivity index (χ3n) is 6.29. The van der Waals surface area contributed by atoms with Gasteiger partial charge >= 0.3 is 5.97 Å². The Morgan fingerprint density at radius 3 is 2.23 bits per heavy atom. The second-order valence-electron chi connectivity index (χ2n) is 9.39. The Balaban J connectivity index is 1.18. The first-order valence-corrected chi connectivity index (χ1v) is 13.3. The SMILES string of the molecule is CCOC(=O)CCNC(=O)c1ccc(NCC(C)CCc2ccc(-c3nnc(-c4ccccc4)o3)cc2)cc1. The van der Waals surface area contributed by atoms with Gasteiger partial charge < -0.3 is 19.8 Å². The number of amides is 1. The molecule has 1 amide bonds. The van der Waals surface area contributed by atoms with Crippen LogP contribution in [-0.4, -0.2) is 41.8 Å². The van der Waals surface area contributed by atoms with Gasteiger partial charge in [-0.25, -0.2) is 0 Å². The molecule has 0 aliphatic carbocycles. The molecule has 3 aromatic carbocycles. The summed E-state index contributed by atoms with van der Waals surface area (Å²) in [5, 5.41) is 14.5. The summed E-state index contributed by atoms with van der Waals surface area (Å²) < 4.78 is 10.7. The zero-order chi connectivity index (χ0) is 27.5. The van der Waals surface area contributed by atoms with Crippen LogP contribution in [0.1, 0.15) is 42.6 Å². The van der Waals surface area contributed by atoms with E-state index in [4.69, 9.17) is 9.15 Å². The van der Waals surface area contributed by atoms with Gasteiger partial charge in [0.25, 0.3) is 5.91 Å². The third-order valence-corrected chi connectivity index (χ3v) is 6.29. The number of rotatable bonds is 13. The van der Waals surface area contributed by atoms with Crippen LogP contribution in [-0.2, 0) is 16.0 Å². The van der Waals surface area contributed by atoms with Crippen LogP contribution < -0.4 is 10.6 Å². The number of carbonyl (C=O) groups is 2. The number of nitrogens with one attached hydrogen (secondary N) is 2. The lowest BCUT2D eigenvalue weighted by atomic mass is 10.00. The maximum absolute atomic E-state index is 12.2. The van der Waals surface area contributed by atoms with Gasteiger partial charge in [-0.3, -0.25) is 9.59 Å². The van der Waals surface area contributed by atoms with Crippen LogP contribution in [0.3, 0.4) is 0 Å². The molecule has 39 heavy (non-hydrogen) atoms. The number of esters is 1. The predicted octanol–water partition coefficient (Wildman–Crippen LogP) is 5.77. The van der Waals surface area contributed by atoms with Crippen molar-refractivity contribution in [2.75, 3.05) is 25.0 Å². The van der Waals surface area contributed by atoms with Crippen molar-refractivity contribution in [3.05, 3.63) is 90.0 Å². The van der Waals surface area contributed by atoms with Crippen molar-refractivity contribution < 1.29 is 18.7 Å². The molecule has 0 fully saturated rings. The Bertz CT molecular complexity index is 1340. The van der Waals surface area contributed by atoms with E-state index in [0.717, 1.165) is 36.2 Å². The number of aromatic nitrogens is 2. The third kappa shape index (κ3) is 8.26. The molecule has 1 aromatic heterocycles. The first-order valence-electron chi connectivity index (χ1n) is 13.3. The van der Waals surface area contributed by atoms with Crippen molar-refractivity contribution in [2.24, 2.45) is 5.92 Å². The normalized spacial score (nSPS) is 11.5. The van der Waals surface area contributed by atoms with Crippen LogP contribution in [0.15, 0.2) is 83.3 Å². The zero-order valence-corrected chi connectivity index (χ0v) is 22.4. The van der Waals surface area contributed by atoms with Gasteiger partial charge in [-0.1, -0.05) is 37.3 Å². The smallest absolute Gasteiger partial charge is 0.307 e. The Hall–Kier alpha value is -4.46. The second kappa shape index (κ2) is 13.9. The Kier molecular flexibility index (Phi) is 9.83. The zero-order valence-electron chi connectivity index (χ0n) is 22.4. The van der Waals surface area contributed by atoms with E-state index in [-0.39, 0.29) is 24.8 Å². The van der Waals surface area contributed by atoms with Crippen molar-refractivity contribution in [3.8, 4) is 22.9 Å². The molecule has 4 aromatic rings. The molecule has 1 heterocycles. The lowest BCUT2D eigenvalue weighted by molar-refractivity contribution is -0.142. The van der Waals surface area contributed by atoms with E-state index >= 15 is 0 Å². The molecule has 2 N–H and O–H groups in total. The minimum absolute atomic E-state index is 0.162. The number of nitrogens with zero attached hydrogens (tertiary/aromatic N) is 2. The lowest BCUT2D eigenvalue weighted by Crippen LogP contribution is -2.26. The van der Waals surface area contributed by atoms with Crippen molar-refractivity contribution in [3.63, 3.8) is 0 Å². The van der Waals surface area contributed by atoms with Gasteiger partial charge in [-0.05, 0) is 79.8 Å². The standard InChI is InChI=1S/C31H34N4O4/c1-3-38-28(36)19-20-32-29(37)24-15-17-27(18-16-24)33-21-22(2)9-10-23-11-13-26(14-12-23)31-35-34-30(39-31)25-7-5-4-6-8-25/h4-8,11-18,22,33H,3,9-10,19-21H2,1-2H3,(H,32,37). The summed E-state index contributed by atoms with van der Waals surface area (Å²) in [5.41, 5.74) is 4.58. The number of hydrogen-bond acceptors (Lipinski definition) is 7. The van der Waals surface area contributed by atoms with E-state index in [2.05, 4.69) is 39.9 Å². The van der Waals surface area contributed by atoms with Gasteiger partial charge in [0.2, 0.25) is 11.8 Å². The monoisotopic (exact) mass is 526 g/mol. The molecule has 0 radical (unpaired) electrons. The van der Waals surface area contributed by atoms with Gasteiger partial charge in [0.1, 0.15) is 0 Å². The van der Waals surface area contributed by atoms with Crippen molar-refractivity contribution in [2.45, 2.75) is 33.1 Å². The fourth-order valence-electron chi connectivity index (χ4n) is 4.01. The van der Waals surface area contributed by atoms with Crippen molar-refractivity contribution in [1.29, 1.82) is 0 Å². The number of anilines is 1. The molecule has 0 saturated heterocycles. The first-order chi connectivity index (χ1) is 19.0. The molecular weight excluding hydrogens is 492 g/mol. The summed E-state index contributed by atoms with van der Waals surface area (Å²) >= 11 is 0. The van der Waals surface area contributed by atoms with Gasteiger partial charge in [0.05, 0.1) is 13.0 Å². The second-order valence-corrected chi connectivity index (χ2v) is 9.39. The average molecular weight is 527 g/mol. The summed E-state index contributed by atoms with van der Waals surface area (Å²) in [5.74, 6) is 0.962. The van der Waals surface area contributed by atoms with Crippen LogP contribution in [0.25, 0.3) is 22.9 Å². The number of ether oxygens (including phenoxy) is 1. The first kappa shape index (κ1) is 27.6. The molecule has 0 saturated carbocycles. The fourth-order valence-corrected chi connectivity index (χ4v) is 4.01. The van der Waals surface area contributed by atoms with E-state index in [1.807, 2.05) is 54.6 Å². The molecule has 0 aliphatic heterocycles. The van der Waals surface area contributed by atoms with Gasteiger partial charge in [-0.2, -0.15) is 0 Å². The van der Waals surface area contributed by atoms with Crippen LogP contribution in [0.2, 0.25) is 0 Å². The Labute approximate surface area is 228 Å². The fraction of sp³-hybridized carbons (Fsp3) is 0.290. The maximum atomic E-state index is 12.2. The van der Waals surface area contributed by atoms with E-state index < -0.39 is 0 Å². The number of carbonyl (C=O) groups excluding carboxylic acids is 2. The topological polar surface area (TPSA) is 106 Å². The highest BCUT2D eigenvalue weighted by Crippen LogP contribution is 2.24. The molecule has 1 unspecified atom stereocenters. The molecule has 0 aliphatic rings. The van der Waals surface area contributed by atoms with E-state index in [1.165, 1.54) is 5.56 Å². The summed E-state index contributed by atoms with van der Waals surface area (Å²) in [6, 6.07) is 25.3. The minimum Gasteiger partial charge on any atom is -0.466 e. The van der Waals surface area contributed by atoms with E-state index in [1.54, 1.807) is 19.1 Å². The minimum atomic E-state index is -0.315. The van der Waals surface area contributed by atoms with Crippen LogP contribution >= 0.6 is 0 Å². The van der Waals surface area contributed by atoms with Crippen LogP contribution in [0, 0.1) is 5.92 Å². The molecular formula is C31H34N4O4. The quantitative estimate of drug-likeness (QED) is 0.213. The number of hydrogen-bond donors (Lipinski definition) is 2. The Morgan fingerprint density at radius 2 is 1.56 bits per heavy atom. The summed E-state index contributed by atoms with van der Waals surface area (Å²) in [6.45, 7) is 5.39. The molecule has 8 nitrogen and oxygen atoms in total. The molecule has 8 heteroatoms. The Morgan fingerprint density at radius 1 is 0.897 bits per heavy atom. The predicted molar refractivity (Wildman–Crippen MR) is 151 cm³/mol. The molecule has 202 valence electrons. The number of aryl methyl sites for hydroxylation is 1. The molecule has 1 atom stereocenters. The highest BCUT2D eigenvalue weighted by Gasteiger charge is 2.11. The molecule has 0 bridgehead atoms. The summed E-state index contributed by atoms with van der Waals surface area (Å²) in [7, 11) is 0. The molecule has 0 spiro atoms. The van der Waals surface area contributed by atoms with E-state index in [0.29, 0.717) is 29.9 Å². The van der Waals surface area contributed by atoms with Crippen molar-refractivity contribution >= 4 is 17.6 Å². The van der Waals surface area contributed by atoms with Crippen molar-refractivity contribution in [1.82, 2.24) is 15.5 Å². The largest absolute Gasteiger partial charge is 0.466 e. The lowest BCUT2D eigenvalue weighted by Gasteiger charge is -2.14.